The first-order chi connectivity index (χ1) is 8.76. The van der Waals surface area contributed by atoms with Crippen molar-refractivity contribution in [2.24, 2.45) is 0 Å². The summed E-state index contributed by atoms with van der Waals surface area (Å²) in [6, 6.07) is 11.3. The number of rotatable bonds is 6. The molecule has 0 fully saturated rings. The number of benzene rings is 1. The Morgan fingerprint density at radius 1 is 1.44 bits per heavy atom. The maximum absolute atomic E-state index is 8.78. The molecule has 0 aliphatic carbocycles. The average Bonchev–Trinajstić information content (AvgIpc) is 2.39. The van der Waals surface area contributed by atoms with Crippen LogP contribution >= 0.6 is 12.2 Å². The van der Waals surface area contributed by atoms with Gasteiger partial charge in [0, 0.05) is 6.08 Å². The molecule has 0 heterocycles. The molecule has 0 aliphatic rings. The van der Waals surface area contributed by atoms with Crippen LogP contribution < -0.4 is 4.74 Å². The van der Waals surface area contributed by atoms with E-state index in [-0.39, 0.29) is 0 Å². The minimum atomic E-state index is -0.425. The fourth-order valence-electron chi connectivity index (χ4n) is 1.25. The Labute approximate surface area is 113 Å². The van der Waals surface area contributed by atoms with Gasteiger partial charge in [-0.05, 0) is 30.8 Å². The van der Waals surface area contributed by atoms with Gasteiger partial charge in [0.2, 0.25) is 0 Å². The lowest BCUT2D eigenvalue weighted by Gasteiger charge is -2.06. The van der Waals surface area contributed by atoms with E-state index in [4.69, 9.17) is 27.0 Å². The SMILES string of the molecule is CCCC(C#N)OC=CC(=S)Oc1ccccc1. The van der Waals surface area contributed by atoms with Gasteiger partial charge >= 0.3 is 0 Å². The molecule has 0 saturated heterocycles. The van der Waals surface area contributed by atoms with Crippen LogP contribution in [-0.4, -0.2) is 11.2 Å². The van der Waals surface area contributed by atoms with Crippen molar-refractivity contribution in [3.8, 4) is 11.8 Å². The van der Waals surface area contributed by atoms with Crippen LogP contribution in [0.2, 0.25) is 0 Å². The number of ether oxygens (including phenoxy) is 2. The summed E-state index contributed by atoms with van der Waals surface area (Å²) < 4.78 is 10.6. The predicted molar refractivity (Wildman–Crippen MR) is 74.2 cm³/mol. The number of para-hydroxylation sites is 1. The van der Waals surface area contributed by atoms with E-state index in [1.54, 1.807) is 0 Å². The van der Waals surface area contributed by atoms with E-state index in [1.165, 1.54) is 12.3 Å². The summed E-state index contributed by atoms with van der Waals surface area (Å²) >= 11 is 5.02. The Kier molecular flexibility index (Phi) is 6.52. The van der Waals surface area contributed by atoms with Crippen molar-refractivity contribution >= 4 is 17.3 Å². The molecule has 0 N–H and O–H groups in total. The van der Waals surface area contributed by atoms with Gasteiger partial charge in [-0.15, -0.1) is 0 Å². The third kappa shape index (κ3) is 5.46. The summed E-state index contributed by atoms with van der Waals surface area (Å²) in [4.78, 5) is 0. The molecule has 4 heteroatoms. The van der Waals surface area contributed by atoms with Crippen molar-refractivity contribution in [3.05, 3.63) is 42.7 Å². The molecule has 0 aromatic heterocycles. The second kappa shape index (κ2) is 8.26. The minimum Gasteiger partial charge on any atom is -0.483 e. The van der Waals surface area contributed by atoms with Crippen LogP contribution in [0.5, 0.6) is 5.75 Å². The molecule has 0 bridgehead atoms. The van der Waals surface area contributed by atoms with Crippen LogP contribution in [0.25, 0.3) is 0 Å². The van der Waals surface area contributed by atoms with Gasteiger partial charge in [-0.25, -0.2) is 0 Å². The molecule has 18 heavy (non-hydrogen) atoms. The van der Waals surface area contributed by atoms with Gasteiger partial charge in [0.25, 0.3) is 0 Å². The summed E-state index contributed by atoms with van der Waals surface area (Å²) in [7, 11) is 0. The highest BCUT2D eigenvalue weighted by molar-refractivity contribution is 7.80. The first-order valence-corrected chi connectivity index (χ1v) is 6.15. The minimum absolute atomic E-state index is 0.300. The smallest absolute Gasteiger partial charge is 0.193 e. The molecule has 0 amide bonds. The Hall–Kier alpha value is -1.86. The number of thiocarbonyl (C=S) groups is 1. The standard InChI is InChI=1S/C14H15NO2S/c1-2-6-13(11-15)16-10-9-14(18)17-12-7-4-3-5-8-12/h3-5,7-10,13H,2,6H2,1H3. The molecule has 0 spiro atoms. The lowest BCUT2D eigenvalue weighted by atomic mass is 10.2. The topological polar surface area (TPSA) is 42.2 Å². The van der Waals surface area contributed by atoms with Gasteiger partial charge in [-0.2, -0.15) is 5.26 Å². The van der Waals surface area contributed by atoms with Crippen LogP contribution in [-0.2, 0) is 4.74 Å². The van der Waals surface area contributed by atoms with E-state index >= 15 is 0 Å². The van der Waals surface area contributed by atoms with Crippen LogP contribution in [0.15, 0.2) is 42.7 Å². The second-order valence-electron chi connectivity index (χ2n) is 3.58. The Morgan fingerprint density at radius 3 is 2.78 bits per heavy atom. The summed E-state index contributed by atoms with van der Waals surface area (Å²) in [5.74, 6) is 0.678. The molecule has 1 rings (SSSR count). The molecule has 1 atom stereocenters. The van der Waals surface area contributed by atoms with E-state index in [2.05, 4.69) is 6.07 Å². The molecule has 1 aromatic carbocycles. The fourth-order valence-corrected chi connectivity index (χ4v) is 1.41. The van der Waals surface area contributed by atoms with Crippen molar-refractivity contribution in [2.45, 2.75) is 25.9 Å². The third-order valence-corrected chi connectivity index (χ3v) is 2.32. The monoisotopic (exact) mass is 261 g/mol. The number of nitriles is 1. The molecular formula is C14H15NO2S. The predicted octanol–water partition coefficient (Wildman–Crippen LogP) is 3.62. The van der Waals surface area contributed by atoms with Crippen LogP contribution in [0.1, 0.15) is 19.8 Å². The molecule has 94 valence electrons. The summed E-state index contributed by atoms with van der Waals surface area (Å²) in [6.07, 6.45) is 4.12. The van der Waals surface area contributed by atoms with Gasteiger partial charge in [0.05, 0.1) is 6.26 Å². The van der Waals surface area contributed by atoms with Crippen molar-refractivity contribution in [1.82, 2.24) is 0 Å². The van der Waals surface area contributed by atoms with Crippen molar-refractivity contribution in [3.63, 3.8) is 0 Å². The van der Waals surface area contributed by atoms with Gasteiger partial charge in [-0.1, -0.05) is 31.5 Å². The van der Waals surface area contributed by atoms with Crippen LogP contribution in [0, 0.1) is 11.3 Å². The lowest BCUT2D eigenvalue weighted by Crippen LogP contribution is -2.07. The Balaban J connectivity index is 2.38. The van der Waals surface area contributed by atoms with E-state index < -0.39 is 6.10 Å². The normalized spacial score (nSPS) is 11.8. The van der Waals surface area contributed by atoms with E-state index in [9.17, 15) is 0 Å². The van der Waals surface area contributed by atoms with Crippen molar-refractivity contribution < 1.29 is 9.47 Å². The number of hydrogen-bond acceptors (Lipinski definition) is 4. The maximum atomic E-state index is 8.78. The zero-order chi connectivity index (χ0) is 13.2. The van der Waals surface area contributed by atoms with E-state index in [0.29, 0.717) is 17.2 Å². The quantitative estimate of drug-likeness (QED) is 0.445. The first kappa shape index (κ1) is 14.2. The van der Waals surface area contributed by atoms with Crippen LogP contribution in [0.4, 0.5) is 0 Å². The van der Waals surface area contributed by atoms with E-state index in [1.807, 2.05) is 37.3 Å². The van der Waals surface area contributed by atoms with E-state index in [0.717, 1.165) is 6.42 Å². The average molecular weight is 261 g/mol. The summed E-state index contributed by atoms with van der Waals surface area (Å²) in [6.45, 7) is 2.00. The van der Waals surface area contributed by atoms with Crippen molar-refractivity contribution in [2.75, 3.05) is 0 Å². The van der Waals surface area contributed by atoms with Gasteiger partial charge in [0.1, 0.15) is 11.8 Å². The molecule has 3 nitrogen and oxygen atoms in total. The molecule has 0 aliphatic heterocycles. The van der Waals surface area contributed by atoms with Gasteiger partial charge in [-0.3, -0.25) is 0 Å². The highest BCUT2D eigenvalue weighted by atomic mass is 32.1. The Morgan fingerprint density at radius 2 is 2.17 bits per heavy atom. The molecule has 0 saturated carbocycles. The first-order valence-electron chi connectivity index (χ1n) is 5.74. The molecule has 1 unspecified atom stereocenters. The second-order valence-corrected chi connectivity index (χ2v) is 3.98. The summed E-state index contributed by atoms with van der Waals surface area (Å²) in [5, 5.41) is 9.08. The zero-order valence-electron chi connectivity index (χ0n) is 10.2. The molecular weight excluding hydrogens is 246 g/mol. The Bertz CT molecular complexity index is 437. The molecule has 1 aromatic rings. The highest BCUT2D eigenvalue weighted by Crippen LogP contribution is 2.09. The zero-order valence-corrected chi connectivity index (χ0v) is 11.0. The largest absolute Gasteiger partial charge is 0.483 e. The molecule has 0 radical (unpaired) electrons. The third-order valence-electron chi connectivity index (χ3n) is 2.10. The maximum Gasteiger partial charge on any atom is 0.193 e. The fraction of sp³-hybridized carbons (Fsp3) is 0.286. The lowest BCUT2D eigenvalue weighted by molar-refractivity contribution is 0.183. The summed E-state index contributed by atoms with van der Waals surface area (Å²) in [5.41, 5.74) is 0. The van der Waals surface area contributed by atoms with Crippen molar-refractivity contribution in [1.29, 1.82) is 5.26 Å². The van der Waals surface area contributed by atoms with Crippen LogP contribution in [0.3, 0.4) is 0 Å². The number of hydrogen-bond donors (Lipinski definition) is 0. The highest BCUT2D eigenvalue weighted by Gasteiger charge is 2.03. The number of nitrogens with zero attached hydrogens (tertiary/aromatic N) is 1. The van der Waals surface area contributed by atoms with Gasteiger partial charge in [0.15, 0.2) is 11.2 Å². The van der Waals surface area contributed by atoms with Gasteiger partial charge < -0.3 is 9.47 Å².